The Kier molecular flexibility index (Phi) is 4.01. The van der Waals surface area contributed by atoms with Crippen molar-refractivity contribution in [2.45, 2.75) is 13.8 Å². The summed E-state index contributed by atoms with van der Waals surface area (Å²) in [5.41, 5.74) is 1.33. The van der Waals surface area contributed by atoms with E-state index >= 15 is 0 Å². The fourth-order valence-electron chi connectivity index (χ4n) is 0.909. The molecule has 0 amide bonds. The Hall–Kier alpha value is -0.0900. The Morgan fingerprint density at radius 1 is 1.50 bits per heavy atom. The van der Waals surface area contributed by atoms with E-state index < -0.39 is 0 Å². The van der Waals surface area contributed by atoms with Crippen LogP contribution in [0.15, 0.2) is 28.4 Å². The standard InChI is InChI=1S/C10H11IS/c1-8(4-3-7-11)10-6-5-9(2)12-10/h3-7H,1-2H3/b7-3-,8-4+. The normalized spacial score (nSPS) is 12.8. The van der Waals surface area contributed by atoms with Crippen LogP contribution in [-0.2, 0) is 0 Å². The Bertz CT molecular complexity index is 307. The van der Waals surface area contributed by atoms with E-state index in [9.17, 15) is 0 Å². The third-order valence-electron chi connectivity index (χ3n) is 1.55. The van der Waals surface area contributed by atoms with Crippen molar-refractivity contribution in [3.63, 3.8) is 0 Å². The molecular formula is C10H11IS. The van der Waals surface area contributed by atoms with E-state index in [0.29, 0.717) is 0 Å². The molecule has 0 nitrogen and oxygen atoms in total. The first kappa shape index (κ1) is 9.99. The largest absolute Gasteiger partial charge is 0.141 e. The van der Waals surface area contributed by atoms with E-state index in [1.54, 1.807) is 0 Å². The predicted octanol–water partition coefficient (Wildman–Crippen LogP) is 4.41. The average Bonchev–Trinajstić information content (AvgIpc) is 2.47. The van der Waals surface area contributed by atoms with E-state index in [-0.39, 0.29) is 0 Å². The summed E-state index contributed by atoms with van der Waals surface area (Å²) in [6.07, 6.45) is 4.20. The molecule has 0 aliphatic rings. The molecular weight excluding hydrogens is 279 g/mol. The van der Waals surface area contributed by atoms with Gasteiger partial charge in [-0.25, -0.2) is 0 Å². The van der Waals surface area contributed by atoms with Gasteiger partial charge < -0.3 is 0 Å². The summed E-state index contributed by atoms with van der Waals surface area (Å²) in [4.78, 5) is 2.73. The highest BCUT2D eigenvalue weighted by Gasteiger charge is 1.96. The van der Waals surface area contributed by atoms with Crippen LogP contribution < -0.4 is 0 Å². The van der Waals surface area contributed by atoms with Crippen LogP contribution in [0.2, 0.25) is 0 Å². The number of hydrogen-bond acceptors (Lipinski definition) is 1. The second-order valence-electron chi connectivity index (χ2n) is 2.58. The van der Waals surface area contributed by atoms with Gasteiger partial charge in [-0.05, 0) is 35.6 Å². The van der Waals surface area contributed by atoms with Crippen molar-refractivity contribution in [3.8, 4) is 0 Å². The molecule has 0 radical (unpaired) electrons. The smallest absolute Gasteiger partial charge is 0.0302 e. The quantitative estimate of drug-likeness (QED) is 0.559. The number of halogens is 1. The lowest BCUT2D eigenvalue weighted by Gasteiger charge is -1.92. The molecule has 0 unspecified atom stereocenters. The van der Waals surface area contributed by atoms with Gasteiger partial charge in [0.05, 0.1) is 0 Å². The predicted molar refractivity (Wildman–Crippen MR) is 65.9 cm³/mol. The molecule has 1 aromatic rings. The van der Waals surface area contributed by atoms with Gasteiger partial charge in [0, 0.05) is 9.75 Å². The zero-order chi connectivity index (χ0) is 8.97. The Labute approximate surface area is 91.1 Å². The van der Waals surface area contributed by atoms with Crippen LogP contribution in [0.5, 0.6) is 0 Å². The van der Waals surface area contributed by atoms with Gasteiger partial charge in [0.2, 0.25) is 0 Å². The van der Waals surface area contributed by atoms with Crippen LogP contribution in [0.1, 0.15) is 16.7 Å². The highest BCUT2D eigenvalue weighted by atomic mass is 127. The summed E-state index contributed by atoms with van der Waals surface area (Å²) in [6, 6.07) is 4.33. The van der Waals surface area contributed by atoms with Gasteiger partial charge >= 0.3 is 0 Å². The molecule has 0 aliphatic carbocycles. The minimum absolute atomic E-state index is 1.33. The van der Waals surface area contributed by atoms with Crippen molar-refractivity contribution >= 4 is 39.5 Å². The molecule has 12 heavy (non-hydrogen) atoms. The van der Waals surface area contributed by atoms with Crippen LogP contribution in [0.3, 0.4) is 0 Å². The zero-order valence-corrected chi connectivity index (χ0v) is 10.1. The van der Waals surface area contributed by atoms with Crippen LogP contribution in [0, 0.1) is 6.92 Å². The Balaban J connectivity index is 2.84. The SMILES string of the molecule is C/C(=C\C=C/I)c1ccc(C)s1. The van der Waals surface area contributed by atoms with Crippen LogP contribution in [0.25, 0.3) is 5.57 Å². The molecule has 0 saturated heterocycles. The van der Waals surface area contributed by atoms with Crippen molar-refractivity contribution in [2.24, 2.45) is 0 Å². The molecule has 2 heteroatoms. The number of rotatable bonds is 2. The summed E-state index contributed by atoms with van der Waals surface area (Å²) in [6.45, 7) is 4.28. The van der Waals surface area contributed by atoms with Crippen molar-refractivity contribution < 1.29 is 0 Å². The highest BCUT2D eigenvalue weighted by Crippen LogP contribution is 2.23. The van der Waals surface area contributed by atoms with Crippen molar-refractivity contribution in [1.29, 1.82) is 0 Å². The molecule has 0 N–H and O–H groups in total. The van der Waals surface area contributed by atoms with Gasteiger partial charge in [0.1, 0.15) is 0 Å². The first-order chi connectivity index (χ1) is 5.74. The maximum absolute atomic E-state index is 2.22. The molecule has 0 bridgehead atoms. The fourth-order valence-corrected chi connectivity index (χ4v) is 1.96. The van der Waals surface area contributed by atoms with E-state index in [0.717, 1.165) is 0 Å². The second-order valence-corrected chi connectivity index (χ2v) is 4.59. The van der Waals surface area contributed by atoms with Crippen molar-refractivity contribution in [1.82, 2.24) is 0 Å². The van der Waals surface area contributed by atoms with Crippen LogP contribution in [-0.4, -0.2) is 0 Å². The summed E-state index contributed by atoms with van der Waals surface area (Å²) < 4.78 is 2.02. The molecule has 1 aromatic heterocycles. The summed E-state index contributed by atoms with van der Waals surface area (Å²) in [7, 11) is 0. The lowest BCUT2D eigenvalue weighted by Crippen LogP contribution is -1.67. The first-order valence-corrected chi connectivity index (χ1v) is 5.80. The lowest BCUT2D eigenvalue weighted by molar-refractivity contribution is 1.64. The number of allylic oxidation sites excluding steroid dienone is 3. The minimum Gasteiger partial charge on any atom is -0.141 e. The van der Waals surface area contributed by atoms with Gasteiger partial charge in [0.25, 0.3) is 0 Å². The molecule has 0 aromatic carbocycles. The molecule has 0 spiro atoms. The van der Waals surface area contributed by atoms with E-state index in [1.807, 2.05) is 15.4 Å². The van der Waals surface area contributed by atoms with Crippen molar-refractivity contribution in [2.75, 3.05) is 0 Å². The molecule has 0 fully saturated rings. The summed E-state index contributed by atoms with van der Waals surface area (Å²) in [5.74, 6) is 0. The Morgan fingerprint density at radius 3 is 2.75 bits per heavy atom. The van der Waals surface area contributed by atoms with Gasteiger partial charge in [-0.1, -0.05) is 34.7 Å². The molecule has 1 heterocycles. The fraction of sp³-hybridized carbons (Fsp3) is 0.200. The average molecular weight is 290 g/mol. The van der Waals surface area contributed by atoms with Crippen LogP contribution >= 0.6 is 33.9 Å². The molecule has 1 rings (SSSR count). The number of thiophene rings is 1. The number of aryl methyl sites for hydroxylation is 1. The Morgan fingerprint density at radius 2 is 2.25 bits per heavy atom. The maximum Gasteiger partial charge on any atom is 0.0302 e. The van der Waals surface area contributed by atoms with E-state index in [1.165, 1.54) is 15.3 Å². The number of hydrogen-bond donors (Lipinski definition) is 0. The zero-order valence-electron chi connectivity index (χ0n) is 7.17. The van der Waals surface area contributed by atoms with Gasteiger partial charge in [-0.2, -0.15) is 0 Å². The third-order valence-corrected chi connectivity index (χ3v) is 3.10. The van der Waals surface area contributed by atoms with E-state index in [4.69, 9.17) is 0 Å². The summed E-state index contributed by atoms with van der Waals surface area (Å²) in [5, 5.41) is 0. The second kappa shape index (κ2) is 4.82. The molecule has 0 atom stereocenters. The highest BCUT2D eigenvalue weighted by molar-refractivity contribution is 14.1. The van der Waals surface area contributed by atoms with E-state index in [2.05, 4.69) is 60.7 Å². The molecule has 0 aliphatic heterocycles. The lowest BCUT2D eigenvalue weighted by atomic mass is 10.2. The van der Waals surface area contributed by atoms with Gasteiger partial charge in [-0.15, -0.1) is 11.3 Å². The first-order valence-electron chi connectivity index (χ1n) is 3.74. The van der Waals surface area contributed by atoms with Crippen LogP contribution in [0.4, 0.5) is 0 Å². The van der Waals surface area contributed by atoms with Gasteiger partial charge in [0.15, 0.2) is 0 Å². The third kappa shape index (κ3) is 2.75. The minimum atomic E-state index is 1.33. The molecule has 0 saturated carbocycles. The van der Waals surface area contributed by atoms with Gasteiger partial charge in [-0.3, -0.25) is 0 Å². The maximum atomic E-state index is 2.22. The summed E-state index contributed by atoms with van der Waals surface area (Å²) >= 11 is 4.07. The topological polar surface area (TPSA) is 0 Å². The monoisotopic (exact) mass is 290 g/mol. The van der Waals surface area contributed by atoms with Crippen molar-refractivity contribution in [3.05, 3.63) is 38.1 Å². The molecule has 64 valence electrons.